The molecular weight excluding hydrogens is 358 g/mol. The van der Waals surface area contributed by atoms with Crippen LogP contribution >= 0.6 is 11.6 Å². The van der Waals surface area contributed by atoms with Gasteiger partial charge >= 0.3 is 11.9 Å². The molecule has 0 aliphatic rings. The van der Waals surface area contributed by atoms with Gasteiger partial charge in [0.25, 0.3) is 0 Å². The number of aromatic nitrogens is 1. The van der Waals surface area contributed by atoms with E-state index in [1.807, 2.05) is 6.07 Å². The van der Waals surface area contributed by atoms with E-state index in [0.29, 0.717) is 11.3 Å². The third-order valence-electron chi connectivity index (χ3n) is 3.62. The van der Waals surface area contributed by atoms with Crippen molar-refractivity contribution in [1.82, 2.24) is 4.98 Å². The maximum Gasteiger partial charge on any atom is 0.340 e. The molecule has 0 aliphatic heterocycles. The number of hydrogen-bond acceptors (Lipinski definition) is 6. The van der Waals surface area contributed by atoms with Crippen LogP contribution in [0.5, 0.6) is 0 Å². The highest BCUT2D eigenvalue weighted by Gasteiger charge is 2.26. The molecule has 0 saturated heterocycles. The van der Waals surface area contributed by atoms with E-state index in [0.717, 1.165) is 0 Å². The van der Waals surface area contributed by atoms with E-state index in [1.165, 1.54) is 13.2 Å². The van der Waals surface area contributed by atoms with Crippen molar-refractivity contribution in [2.45, 2.75) is 13.0 Å². The molecule has 1 aromatic heterocycles. The number of rotatable bonds is 6. The Kier molecular flexibility index (Phi) is 6.49. The highest BCUT2D eigenvalue weighted by molar-refractivity contribution is 6.30. The minimum Gasteiger partial charge on any atom is -0.466 e. The normalized spacial score (nSPS) is 11.5. The first kappa shape index (κ1) is 19.6. The Labute approximate surface area is 156 Å². The summed E-state index contributed by atoms with van der Waals surface area (Å²) in [7, 11) is 1.17. The van der Waals surface area contributed by atoms with Crippen molar-refractivity contribution in [3.05, 3.63) is 64.8 Å². The van der Waals surface area contributed by atoms with Crippen LogP contribution in [0, 0.1) is 0 Å². The van der Waals surface area contributed by atoms with Crippen LogP contribution in [-0.4, -0.2) is 35.7 Å². The topological polar surface area (TPSA) is 85.7 Å². The Morgan fingerprint density at radius 1 is 1.31 bits per heavy atom. The van der Waals surface area contributed by atoms with E-state index in [4.69, 9.17) is 16.3 Å². The van der Waals surface area contributed by atoms with E-state index in [9.17, 15) is 14.7 Å². The maximum atomic E-state index is 12.4. The third-order valence-corrected chi connectivity index (χ3v) is 3.92. The van der Waals surface area contributed by atoms with Gasteiger partial charge in [-0.25, -0.2) is 14.6 Å². The first-order valence-corrected chi connectivity index (χ1v) is 8.16. The predicted octanol–water partition coefficient (Wildman–Crippen LogP) is 3.34. The molecule has 0 amide bonds. The number of ether oxygens (including phenoxy) is 2. The van der Waals surface area contributed by atoms with Crippen molar-refractivity contribution < 1.29 is 24.2 Å². The molecule has 0 saturated carbocycles. The fourth-order valence-corrected chi connectivity index (χ4v) is 2.55. The van der Waals surface area contributed by atoms with Crippen molar-refractivity contribution >= 4 is 23.5 Å². The van der Waals surface area contributed by atoms with Crippen molar-refractivity contribution in [1.29, 1.82) is 0 Å². The molecule has 0 bridgehead atoms. The van der Waals surface area contributed by atoms with Gasteiger partial charge in [0.1, 0.15) is 11.3 Å². The molecular formula is C19H18ClNO5. The summed E-state index contributed by atoms with van der Waals surface area (Å²) in [5.41, 5.74) is 0.927. The second-order valence-electron chi connectivity index (χ2n) is 5.27. The number of hydrogen-bond donors (Lipinski definition) is 1. The lowest BCUT2D eigenvalue weighted by molar-refractivity contribution is -0.137. The minimum absolute atomic E-state index is 0.0600. The van der Waals surface area contributed by atoms with E-state index in [1.54, 1.807) is 31.2 Å². The maximum absolute atomic E-state index is 12.4. The summed E-state index contributed by atoms with van der Waals surface area (Å²) in [5.74, 6) is -1.41. The zero-order valence-corrected chi connectivity index (χ0v) is 15.1. The Morgan fingerprint density at radius 2 is 1.96 bits per heavy atom. The fraction of sp³-hybridized carbons (Fsp3) is 0.211. The van der Waals surface area contributed by atoms with Gasteiger partial charge in [-0.05, 0) is 13.0 Å². The molecule has 6 nitrogen and oxygen atoms in total. The average Bonchev–Trinajstić information content (AvgIpc) is 2.66. The number of nitrogens with zero attached hydrogens (tertiary/aromatic N) is 1. The van der Waals surface area contributed by atoms with Gasteiger partial charge < -0.3 is 14.6 Å². The molecule has 0 fully saturated rings. The molecule has 2 aromatic rings. The van der Waals surface area contributed by atoms with Crippen LogP contribution in [0.25, 0.3) is 11.3 Å². The van der Waals surface area contributed by atoms with E-state index < -0.39 is 18.0 Å². The van der Waals surface area contributed by atoms with Crippen molar-refractivity contribution in [2.24, 2.45) is 0 Å². The molecule has 1 unspecified atom stereocenters. The van der Waals surface area contributed by atoms with E-state index in [2.05, 4.69) is 16.3 Å². The van der Waals surface area contributed by atoms with Crippen molar-refractivity contribution in [2.75, 3.05) is 13.7 Å². The summed E-state index contributed by atoms with van der Waals surface area (Å²) < 4.78 is 9.63. The third kappa shape index (κ3) is 4.09. The van der Waals surface area contributed by atoms with Crippen molar-refractivity contribution in [3.63, 3.8) is 0 Å². The summed E-state index contributed by atoms with van der Waals surface area (Å²) in [4.78, 5) is 28.2. The summed E-state index contributed by atoms with van der Waals surface area (Å²) >= 11 is 6.20. The van der Waals surface area contributed by atoms with Gasteiger partial charge in [0.05, 0.1) is 30.5 Å². The lowest BCUT2D eigenvalue weighted by atomic mass is 9.99. The molecule has 7 heteroatoms. The summed E-state index contributed by atoms with van der Waals surface area (Å²) in [6.07, 6.45) is -1.47. The number of aliphatic hydroxyl groups excluding tert-OH is 1. The van der Waals surface area contributed by atoms with Crippen LogP contribution < -0.4 is 0 Å². The number of pyridine rings is 1. The average molecular weight is 376 g/mol. The van der Waals surface area contributed by atoms with Crippen molar-refractivity contribution in [3.8, 4) is 11.3 Å². The van der Waals surface area contributed by atoms with Gasteiger partial charge in [0, 0.05) is 11.1 Å². The zero-order valence-electron chi connectivity index (χ0n) is 14.4. The molecule has 2 rings (SSSR count). The highest BCUT2D eigenvalue weighted by Crippen LogP contribution is 2.32. The minimum atomic E-state index is -1.47. The van der Waals surface area contributed by atoms with Gasteiger partial charge in [-0.3, -0.25) is 0 Å². The number of benzene rings is 1. The SMILES string of the molecule is C=C(C(=O)OC)C(O)c1cc(C(=O)OCC)c(-c2ccccc2)nc1Cl. The summed E-state index contributed by atoms with van der Waals surface area (Å²) in [5, 5.41) is 10.3. The van der Waals surface area contributed by atoms with Gasteiger partial charge in [0.2, 0.25) is 0 Å². The first-order valence-electron chi connectivity index (χ1n) is 7.78. The Balaban J connectivity index is 2.60. The smallest absolute Gasteiger partial charge is 0.340 e. The second kappa shape index (κ2) is 8.60. The lowest BCUT2D eigenvalue weighted by Crippen LogP contribution is -2.15. The van der Waals surface area contributed by atoms with E-state index >= 15 is 0 Å². The standard InChI is InChI=1S/C19H18ClNO5/c1-4-26-19(24)13-10-14(16(22)11(2)18(23)25-3)17(20)21-15(13)12-8-6-5-7-9-12/h5-10,16,22H,2,4H2,1,3H3. The molecule has 1 N–H and O–H groups in total. The monoisotopic (exact) mass is 375 g/mol. The van der Waals surface area contributed by atoms with Gasteiger partial charge in [-0.2, -0.15) is 0 Å². The molecule has 1 aromatic carbocycles. The van der Waals surface area contributed by atoms with Gasteiger partial charge in [-0.15, -0.1) is 0 Å². The first-order chi connectivity index (χ1) is 12.4. The van der Waals surface area contributed by atoms with Crippen LogP contribution in [0.15, 0.2) is 48.6 Å². The second-order valence-corrected chi connectivity index (χ2v) is 5.63. The van der Waals surface area contributed by atoms with Crippen LogP contribution in [0.1, 0.15) is 28.9 Å². The summed E-state index contributed by atoms with van der Waals surface area (Å²) in [6, 6.07) is 10.3. The van der Waals surface area contributed by atoms with Crippen LogP contribution in [0.2, 0.25) is 5.15 Å². The highest BCUT2D eigenvalue weighted by atomic mass is 35.5. The molecule has 1 heterocycles. The van der Waals surface area contributed by atoms with Crippen LogP contribution in [0.3, 0.4) is 0 Å². The van der Waals surface area contributed by atoms with E-state index in [-0.39, 0.29) is 28.5 Å². The number of esters is 2. The number of methoxy groups -OCH3 is 1. The Hall–Kier alpha value is -2.70. The number of carbonyl (C=O) groups is 2. The van der Waals surface area contributed by atoms with Gasteiger partial charge in [0.15, 0.2) is 0 Å². The molecule has 1 atom stereocenters. The molecule has 0 spiro atoms. The molecule has 136 valence electrons. The fourth-order valence-electron chi connectivity index (χ4n) is 2.31. The quantitative estimate of drug-likeness (QED) is 0.473. The molecule has 0 radical (unpaired) electrons. The van der Waals surface area contributed by atoms with Gasteiger partial charge in [-0.1, -0.05) is 48.5 Å². The number of carbonyl (C=O) groups excluding carboxylic acids is 2. The number of aliphatic hydroxyl groups is 1. The van der Waals surface area contributed by atoms with Crippen LogP contribution in [0.4, 0.5) is 0 Å². The number of halogens is 1. The Morgan fingerprint density at radius 3 is 2.54 bits per heavy atom. The zero-order chi connectivity index (χ0) is 19.3. The van der Waals surface area contributed by atoms with Crippen LogP contribution in [-0.2, 0) is 14.3 Å². The Bertz CT molecular complexity index is 835. The largest absolute Gasteiger partial charge is 0.466 e. The lowest BCUT2D eigenvalue weighted by Gasteiger charge is -2.17. The summed E-state index contributed by atoms with van der Waals surface area (Å²) in [6.45, 7) is 5.36. The predicted molar refractivity (Wildman–Crippen MR) is 96.8 cm³/mol. The molecule has 0 aliphatic carbocycles. The molecule has 26 heavy (non-hydrogen) atoms.